The second kappa shape index (κ2) is 16.0. The van der Waals surface area contributed by atoms with Crippen LogP contribution in [0.25, 0.3) is 10.9 Å². The number of para-hydroxylation sites is 1. The van der Waals surface area contributed by atoms with E-state index in [1.165, 1.54) is 0 Å². The molecule has 0 spiro atoms. The molecule has 0 aliphatic rings. The minimum atomic E-state index is -1.15. The van der Waals surface area contributed by atoms with Crippen LogP contribution in [0.15, 0.2) is 60.8 Å². The Morgan fingerprint density at radius 1 is 0.905 bits per heavy atom. The number of carbonyl (C=O) groups excluding carboxylic acids is 3. The predicted octanol–water partition coefficient (Wildman–Crippen LogP) is 2.62. The molecule has 2 aromatic carbocycles. The number of rotatable bonds is 16. The van der Waals surface area contributed by atoms with Gasteiger partial charge in [-0.2, -0.15) is 11.8 Å². The van der Waals surface area contributed by atoms with Gasteiger partial charge >= 0.3 is 5.97 Å². The van der Waals surface area contributed by atoms with Crippen molar-refractivity contribution in [3.05, 3.63) is 71.9 Å². The zero-order valence-electron chi connectivity index (χ0n) is 24.3. The van der Waals surface area contributed by atoms with Gasteiger partial charge in [-0.1, -0.05) is 68.8 Å². The molecule has 1 aromatic heterocycles. The molecule has 0 saturated heterocycles. The molecule has 3 amide bonds. The summed E-state index contributed by atoms with van der Waals surface area (Å²) in [5, 5.41) is 18.9. The van der Waals surface area contributed by atoms with Crippen molar-refractivity contribution in [2.45, 2.75) is 63.7 Å². The highest BCUT2D eigenvalue weighted by Crippen LogP contribution is 2.20. The minimum absolute atomic E-state index is 0.105. The third-order valence-corrected chi connectivity index (χ3v) is 8.04. The number of amides is 3. The van der Waals surface area contributed by atoms with Crippen molar-refractivity contribution < 1.29 is 24.3 Å². The Morgan fingerprint density at radius 2 is 1.52 bits per heavy atom. The summed E-state index contributed by atoms with van der Waals surface area (Å²) in [7, 11) is 0. The highest BCUT2D eigenvalue weighted by Gasteiger charge is 2.32. The van der Waals surface area contributed by atoms with Crippen LogP contribution in [-0.2, 0) is 32.0 Å². The number of aliphatic carboxylic acids is 1. The molecule has 0 bridgehead atoms. The molecule has 1 heterocycles. The normalized spacial score (nSPS) is 14.8. The molecule has 7 N–H and O–H groups in total. The van der Waals surface area contributed by atoms with Crippen molar-refractivity contribution in [1.82, 2.24) is 20.9 Å². The van der Waals surface area contributed by atoms with E-state index in [-0.39, 0.29) is 18.8 Å². The van der Waals surface area contributed by atoms with Crippen molar-refractivity contribution in [3.8, 4) is 0 Å². The monoisotopic (exact) mass is 595 g/mol. The summed E-state index contributed by atoms with van der Waals surface area (Å²) >= 11 is 1.57. The number of nitrogens with one attached hydrogen (secondary N) is 4. The summed E-state index contributed by atoms with van der Waals surface area (Å²) in [6, 6.07) is 12.8. The molecule has 0 fully saturated rings. The van der Waals surface area contributed by atoms with Crippen molar-refractivity contribution >= 4 is 46.4 Å². The molecule has 3 rings (SSSR count). The maximum atomic E-state index is 13.8. The number of H-pyrrole nitrogens is 1. The molecule has 5 unspecified atom stereocenters. The fraction of sp³-hybridized carbons (Fsp3) is 0.419. The SMILES string of the molecule is CCC(C)C(NC(=O)C(Cc1c[nH]c2ccccc12)NC(=O)C(Cc1ccccc1)NC(=O)C(N)CCSC)C(=O)O. The molecular formula is C31H41N5O5S. The number of thioether (sulfide) groups is 1. The standard InChI is InChI=1S/C31H41N5O5S/c1-4-19(2)27(31(40)41)36-30(39)26(17-21-18-33-24-13-9-8-12-22(21)24)35-29(38)25(16-20-10-6-5-7-11-20)34-28(37)23(32)14-15-42-3/h5-13,18-19,23,25-27,33H,4,14-17,32H2,1-3H3,(H,34,37)(H,35,38)(H,36,39)(H,40,41). The second-order valence-corrected chi connectivity index (χ2v) is 11.5. The number of carboxylic acid groups (broad SMARTS) is 1. The van der Waals surface area contributed by atoms with E-state index in [0.29, 0.717) is 18.6 Å². The maximum Gasteiger partial charge on any atom is 0.326 e. The summed E-state index contributed by atoms with van der Waals surface area (Å²) < 4.78 is 0. The Morgan fingerprint density at radius 3 is 2.19 bits per heavy atom. The van der Waals surface area contributed by atoms with Crippen LogP contribution in [0.5, 0.6) is 0 Å². The molecule has 0 saturated carbocycles. The van der Waals surface area contributed by atoms with Gasteiger partial charge in [0.15, 0.2) is 0 Å². The van der Waals surface area contributed by atoms with Gasteiger partial charge < -0.3 is 31.8 Å². The minimum Gasteiger partial charge on any atom is -0.480 e. The van der Waals surface area contributed by atoms with Crippen LogP contribution in [0.2, 0.25) is 0 Å². The van der Waals surface area contributed by atoms with Crippen LogP contribution in [-0.4, -0.2) is 70.0 Å². The van der Waals surface area contributed by atoms with E-state index in [2.05, 4.69) is 20.9 Å². The molecule has 5 atom stereocenters. The highest BCUT2D eigenvalue weighted by molar-refractivity contribution is 7.98. The van der Waals surface area contributed by atoms with Gasteiger partial charge in [-0.3, -0.25) is 14.4 Å². The van der Waals surface area contributed by atoms with Crippen molar-refractivity contribution in [2.75, 3.05) is 12.0 Å². The second-order valence-electron chi connectivity index (χ2n) is 10.5. The first-order valence-electron chi connectivity index (χ1n) is 14.1. The molecule has 42 heavy (non-hydrogen) atoms. The third kappa shape index (κ3) is 9.09. The molecule has 0 radical (unpaired) electrons. The van der Waals surface area contributed by atoms with Crippen LogP contribution in [0.4, 0.5) is 0 Å². The van der Waals surface area contributed by atoms with E-state index in [1.807, 2.05) is 67.8 Å². The molecule has 0 aliphatic heterocycles. The lowest BCUT2D eigenvalue weighted by molar-refractivity contribution is -0.143. The molecule has 226 valence electrons. The van der Waals surface area contributed by atoms with Gasteiger partial charge in [-0.15, -0.1) is 0 Å². The van der Waals surface area contributed by atoms with Crippen molar-refractivity contribution in [1.29, 1.82) is 0 Å². The Balaban J connectivity index is 1.89. The summed E-state index contributed by atoms with van der Waals surface area (Å²) in [6.45, 7) is 3.59. The van der Waals surface area contributed by atoms with E-state index in [9.17, 15) is 24.3 Å². The zero-order valence-corrected chi connectivity index (χ0v) is 25.1. The number of benzene rings is 2. The Kier molecular flexibility index (Phi) is 12.4. The van der Waals surface area contributed by atoms with Crippen molar-refractivity contribution in [2.24, 2.45) is 11.7 Å². The van der Waals surface area contributed by atoms with Gasteiger partial charge in [0.2, 0.25) is 17.7 Å². The first-order chi connectivity index (χ1) is 20.1. The number of aromatic nitrogens is 1. The first kappa shape index (κ1) is 32.7. The number of hydrogen-bond acceptors (Lipinski definition) is 6. The van der Waals surface area contributed by atoms with Gasteiger partial charge in [0.25, 0.3) is 0 Å². The molecule has 0 aliphatic carbocycles. The van der Waals surface area contributed by atoms with Gasteiger partial charge in [0, 0.05) is 29.9 Å². The number of hydrogen-bond donors (Lipinski definition) is 6. The predicted molar refractivity (Wildman–Crippen MR) is 166 cm³/mol. The smallest absolute Gasteiger partial charge is 0.326 e. The summed E-state index contributed by atoms with van der Waals surface area (Å²) in [5.41, 5.74) is 8.55. The largest absolute Gasteiger partial charge is 0.480 e. The van der Waals surface area contributed by atoms with Gasteiger partial charge in [-0.05, 0) is 41.5 Å². The molecule has 11 heteroatoms. The van der Waals surface area contributed by atoms with Gasteiger partial charge in [-0.25, -0.2) is 4.79 Å². The Labute approximate surface area is 250 Å². The molecular weight excluding hydrogens is 554 g/mol. The Hall–Kier alpha value is -3.83. The van der Waals surface area contributed by atoms with Gasteiger partial charge in [0.1, 0.15) is 18.1 Å². The lowest BCUT2D eigenvalue weighted by atomic mass is 9.97. The fourth-order valence-corrected chi connectivity index (χ4v) is 5.14. The molecule has 10 nitrogen and oxygen atoms in total. The number of aromatic amines is 1. The quantitative estimate of drug-likeness (QED) is 0.148. The molecule has 3 aromatic rings. The van der Waals surface area contributed by atoms with Crippen LogP contribution in [0.3, 0.4) is 0 Å². The summed E-state index contributed by atoms with van der Waals surface area (Å²) in [4.78, 5) is 55.4. The lowest BCUT2D eigenvalue weighted by Crippen LogP contribution is -2.58. The highest BCUT2D eigenvalue weighted by atomic mass is 32.2. The van der Waals surface area contributed by atoms with Crippen LogP contribution in [0.1, 0.15) is 37.8 Å². The summed E-state index contributed by atoms with van der Waals surface area (Å²) in [6.07, 6.45) is 4.97. The third-order valence-electron chi connectivity index (χ3n) is 7.39. The average molecular weight is 596 g/mol. The number of nitrogens with two attached hydrogens (primary N) is 1. The fourth-order valence-electron chi connectivity index (χ4n) is 4.65. The van der Waals surface area contributed by atoms with E-state index < -0.39 is 47.9 Å². The lowest BCUT2D eigenvalue weighted by Gasteiger charge is -2.26. The van der Waals surface area contributed by atoms with Crippen LogP contribution in [0, 0.1) is 5.92 Å². The number of carboxylic acids is 1. The van der Waals surface area contributed by atoms with Crippen LogP contribution >= 0.6 is 11.8 Å². The topological polar surface area (TPSA) is 166 Å². The van der Waals surface area contributed by atoms with E-state index in [0.717, 1.165) is 22.0 Å². The van der Waals surface area contributed by atoms with E-state index in [4.69, 9.17) is 5.73 Å². The number of fused-ring (bicyclic) bond motifs is 1. The maximum absolute atomic E-state index is 13.8. The first-order valence-corrected chi connectivity index (χ1v) is 15.5. The number of carbonyl (C=O) groups is 4. The van der Waals surface area contributed by atoms with Crippen LogP contribution < -0.4 is 21.7 Å². The van der Waals surface area contributed by atoms with E-state index in [1.54, 1.807) is 24.9 Å². The average Bonchev–Trinajstić information content (AvgIpc) is 3.40. The van der Waals surface area contributed by atoms with Gasteiger partial charge in [0.05, 0.1) is 6.04 Å². The summed E-state index contributed by atoms with van der Waals surface area (Å²) in [5.74, 6) is -2.44. The van der Waals surface area contributed by atoms with E-state index >= 15 is 0 Å². The Bertz CT molecular complexity index is 1350. The zero-order chi connectivity index (χ0) is 30.6. The van der Waals surface area contributed by atoms with Crippen molar-refractivity contribution in [3.63, 3.8) is 0 Å².